The Labute approximate surface area is 106 Å². The minimum atomic E-state index is -0.0866. The van der Waals surface area contributed by atoms with Gasteiger partial charge in [0, 0.05) is 26.7 Å². The highest BCUT2D eigenvalue weighted by Crippen LogP contribution is 2.28. The Balaban J connectivity index is 2.33. The number of fused-ring (bicyclic) bond motifs is 2. The maximum absolute atomic E-state index is 12.2. The Morgan fingerprint density at radius 3 is 1.88 bits per heavy atom. The molecule has 0 bridgehead atoms. The molecule has 2 aromatic rings. The Bertz CT molecular complexity index is 659. The van der Waals surface area contributed by atoms with Crippen molar-refractivity contribution in [2.45, 2.75) is 0 Å². The van der Waals surface area contributed by atoms with E-state index >= 15 is 0 Å². The van der Waals surface area contributed by atoms with Gasteiger partial charge in [0.1, 0.15) is 0 Å². The van der Waals surface area contributed by atoms with E-state index in [-0.39, 0.29) is 11.6 Å². The third-order valence-electron chi connectivity index (χ3n) is 2.89. The number of ketones is 2. The van der Waals surface area contributed by atoms with Crippen molar-refractivity contribution in [3.8, 4) is 0 Å². The van der Waals surface area contributed by atoms with Crippen LogP contribution in [0.1, 0.15) is 31.8 Å². The quantitative estimate of drug-likeness (QED) is 0.636. The summed E-state index contributed by atoms with van der Waals surface area (Å²) in [7, 11) is 0. The molecule has 3 rings (SSSR count). The lowest BCUT2D eigenvalue weighted by molar-refractivity contribution is 0.0979. The van der Waals surface area contributed by atoms with Crippen molar-refractivity contribution < 1.29 is 9.59 Å². The van der Waals surface area contributed by atoms with Gasteiger partial charge < -0.3 is 0 Å². The summed E-state index contributed by atoms with van der Waals surface area (Å²) in [6.07, 6.45) is 0. The van der Waals surface area contributed by atoms with E-state index in [1.165, 1.54) is 0 Å². The summed E-state index contributed by atoms with van der Waals surface area (Å²) < 4.78 is 0.803. The molecule has 0 atom stereocenters. The molecule has 0 spiro atoms. The molecule has 1 aliphatic carbocycles. The summed E-state index contributed by atoms with van der Waals surface area (Å²) in [5.74, 6) is -0.167. The Morgan fingerprint density at radius 2 is 1.24 bits per heavy atom. The molecule has 3 heteroatoms. The average Bonchev–Trinajstić information content (AvgIpc) is 2.36. The van der Waals surface area contributed by atoms with E-state index in [4.69, 9.17) is 0 Å². The zero-order chi connectivity index (χ0) is 12.0. The Morgan fingerprint density at radius 1 is 0.706 bits per heavy atom. The first-order valence-corrected chi connectivity index (χ1v) is 5.96. The Kier molecular flexibility index (Phi) is 2.23. The molecule has 17 heavy (non-hydrogen) atoms. The molecule has 0 N–H and O–H groups in total. The van der Waals surface area contributed by atoms with Crippen molar-refractivity contribution in [2.24, 2.45) is 0 Å². The van der Waals surface area contributed by atoms with Gasteiger partial charge in [-0.2, -0.15) is 0 Å². The predicted octanol–water partition coefficient (Wildman–Crippen LogP) is 3.22. The van der Waals surface area contributed by atoms with E-state index < -0.39 is 0 Å². The summed E-state index contributed by atoms with van der Waals surface area (Å²) in [6, 6.07) is 12.1. The maximum Gasteiger partial charge on any atom is 0.194 e. The lowest BCUT2D eigenvalue weighted by Crippen LogP contribution is -2.20. The van der Waals surface area contributed by atoms with Gasteiger partial charge in [0.25, 0.3) is 0 Å². The van der Waals surface area contributed by atoms with Crippen molar-refractivity contribution >= 4 is 27.5 Å². The zero-order valence-electron chi connectivity index (χ0n) is 8.74. The van der Waals surface area contributed by atoms with E-state index in [2.05, 4.69) is 15.9 Å². The lowest BCUT2D eigenvalue weighted by atomic mass is 9.84. The first kappa shape index (κ1) is 10.4. The van der Waals surface area contributed by atoms with Gasteiger partial charge in [0.05, 0.1) is 0 Å². The molecule has 0 unspecified atom stereocenters. The molecular weight excluding hydrogens is 280 g/mol. The van der Waals surface area contributed by atoms with Crippen LogP contribution >= 0.6 is 15.9 Å². The van der Waals surface area contributed by atoms with Crippen LogP contribution in [0.4, 0.5) is 0 Å². The third-order valence-corrected chi connectivity index (χ3v) is 3.38. The van der Waals surface area contributed by atoms with Crippen molar-refractivity contribution in [2.75, 3.05) is 0 Å². The molecule has 1 aliphatic rings. The fourth-order valence-corrected chi connectivity index (χ4v) is 2.43. The minimum absolute atomic E-state index is 0.0808. The van der Waals surface area contributed by atoms with Crippen LogP contribution in [0.15, 0.2) is 46.9 Å². The highest BCUT2D eigenvalue weighted by molar-refractivity contribution is 9.10. The monoisotopic (exact) mass is 286 g/mol. The SMILES string of the molecule is O=C1c2ccccc2C(=O)c2cc(Br)ccc21. The van der Waals surface area contributed by atoms with Crippen molar-refractivity contribution in [1.29, 1.82) is 0 Å². The van der Waals surface area contributed by atoms with Crippen LogP contribution in [0, 0.1) is 0 Å². The van der Waals surface area contributed by atoms with Crippen molar-refractivity contribution in [3.05, 3.63) is 69.2 Å². The van der Waals surface area contributed by atoms with Gasteiger partial charge in [-0.15, -0.1) is 0 Å². The van der Waals surface area contributed by atoms with E-state index in [1.54, 1.807) is 42.5 Å². The summed E-state index contributed by atoms with van der Waals surface area (Å²) in [6.45, 7) is 0. The summed E-state index contributed by atoms with van der Waals surface area (Å²) in [4.78, 5) is 24.4. The lowest BCUT2D eigenvalue weighted by Gasteiger charge is -2.17. The number of rotatable bonds is 0. The van der Waals surface area contributed by atoms with Gasteiger partial charge >= 0.3 is 0 Å². The molecule has 0 radical (unpaired) electrons. The maximum atomic E-state index is 12.2. The number of carbonyl (C=O) groups is 2. The first-order valence-electron chi connectivity index (χ1n) is 5.16. The first-order chi connectivity index (χ1) is 8.18. The fraction of sp³-hybridized carbons (Fsp3) is 0. The van der Waals surface area contributed by atoms with Crippen LogP contribution in [0.5, 0.6) is 0 Å². The van der Waals surface area contributed by atoms with E-state index in [1.807, 2.05) is 0 Å². The summed E-state index contributed by atoms with van der Waals surface area (Å²) >= 11 is 3.31. The topological polar surface area (TPSA) is 34.1 Å². The number of carbonyl (C=O) groups excluding carboxylic acids is 2. The molecule has 82 valence electrons. The zero-order valence-corrected chi connectivity index (χ0v) is 10.3. The second-order valence-corrected chi connectivity index (χ2v) is 4.81. The number of halogens is 1. The molecule has 0 saturated carbocycles. The van der Waals surface area contributed by atoms with Gasteiger partial charge in [-0.25, -0.2) is 0 Å². The highest BCUT2D eigenvalue weighted by atomic mass is 79.9. The van der Waals surface area contributed by atoms with Gasteiger partial charge in [0.15, 0.2) is 11.6 Å². The molecule has 0 heterocycles. The van der Waals surface area contributed by atoms with E-state index in [9.17, 15) is 9.59 Å². The predicted molar refractivity (Wildman–Crippen MR) is 67.4 cm³/mol. The number of hydrogen-bond acceptors (Lipinski definition) is 2. The van der Waals surface area contributed by atoms with Gasteiger partial charge in [-0.3, -0.25) is 9.59 Å². The van der Waals surface area contributed by atoms with E-state index in [0.29, 0.717) is 22.3 Å². The van der Waals surface area contributed by atoms with Gasteiger partial charge in [0.2, 0.25) is 0 Å². The highest BCUT2D eigenvalue weighted by Gasteiger charge is 2.28. The van der Waals surface area contributed by atoms with Crippen LogP contribution in [-0.2, 0) is 0 Å². The standard InChI is InChI=1S/C14H7BrO2/c15-8-5-6-11-12(7-8)14(17)10-4-2-1-3-9(10)13(11)16/h1-7H. The molecular formula is C14H7BrO2. The molecule has 0 fully saturated rings. The van der Waals surface area contributed by atoms with Crippen LogP contribution in [0.3, 0.4) is 0 Å². The summed E-state index contributed by atoms with van der Waals surface area (Å²) in [5, 5.41) is 0. The van der Waals surface area contributed by atoms with Crippen LogP contribution < -0.4 is 0 Å². The van der Waals surface area contributed by atoms with Crippen LogP contribution in [-0.4, -0.2) is 11.6 Å². The van der Waals surface area contributed by atoms with Crippen molar-refractivity contribution in [1.82, 2.24) is 0 Å². The second-order valence-electron chi connectivity index (χ2n) is 3.89. The normalized spacial score (nSPS) is 13.2. The average molecular weight is 287 g/mol. The Hall–Kier alpha value is -1.74. The number of benzene rings is 2. The molecule has 2 nitrogen and oxygen atoms in total. The van der Waals surface area contributed by atoms with Crippen LogP contribution in [0.2, 0.25) is 0 Å². The second kappa shape index (κ2) is 3.64. The molecule has 0 saturated heterocycles. The van der Waals surface area contributed by atoms with Gasteiger partial charge in [-0.05, 0) is 18.2 Å². The number of hydrogen-bond donors (Lipinski definition) is 0. The third kappa shape index (κ3) is 1.46. The fourth-order valence-electron chi connectivity index (χ4n) is 2.07. The summed E-state index contributed by atoms with van der Waals surface area (Å²) in [5.41, 5.74) is 1.94. The molecule has 0 amide bonds. The van der Waals surface area contributed by atoms with E-state index in [0.717, 1.165) is 4.47 Å². The molecule has 0 aliphatic heterocycles. The largest absolute Gasteiger partial charge is 0.289 e. The van der Waals surface area contributed by atoms with Gasteiger partial charge in [-0.1, -0.05) is 40.2 Å². The van der Waals surface area contributed by atoms with Crippen LogP contribution in [0.25, 0.3) is 0 Å². The smallest absolute Gasteiger partial charge is 0.194 e. The molecule has 0 aromatic heterocycles. The van der Waals surface area contributed by atoms with Crippen molar-refractivity contribution in [3.63, 3.8) is 0 Å². The minimum Gasteiger partial charge on any atom is -0.289 e. The molecule has 2 aromatic carbocycles.